The molecule has 1 saturated heterocycles. The van der Waals surface area contributed by atoms with E-state index in [0.29, 0.717) is 6.61 Å². The van der Waals surface area contributed by atoms with Crippen molar-refractivity contribution in [1.29, 1.82) is 0 Å². The lowest BCUT2D eigenvalue weighted by Gasteiger charge is -2.16. The van der Waals surface area contributed by atoms with Crippen LogP contribution in [0.15, 0.2) is 12.2 Å². The Hall–Kier alpha value is -0.380. The van der Waals surface area contributed by atoms with E-state index in [1.54, 1.807) is 7.11 Å². The van der Waals surface area contributed by atoms with Crippen molar-refractivity contribution in [2.75, 3.05) is 13.7 Å². The summed E-state index contributed by atoms with van der Waals surface area (Å²) in [6.45, 7) is 0.542. The van der Waals surface area contributed by atoms with E-state index >= 15 is 0 Å². The van der Waals surface area contributed by atoms with Crippen LogP contribution in [0.5, 0.6) is 0 Å². The largest absolute Gasteiger partial charge is 0.379 e. The quantitative estimate of drug-likeness (QED) is 0.634. The van der Waals surface area contributed by atoms with E-state index in [0.717, 1.165) is 25.7 Å². The van der Waals surface area contributed by atoms with Crippen LogP contribution in [0, 0.1) is 0 Å². The Morgan fingerprint density at radius 2 is 1.71 bits per heavy atom. The Bertz CT molecular complexity index is 185. The van der Waals surface area contributed by atoms with Crippen molar-refractivity contribution in [3.63, 3.8) is 0 Å². The highest BCUT2D eigenvalue weighted by Gasteiger charge is 2.35. The van der Waals surface area contributed by atoms with Gasteiger partial charge < -0.3 is 14.2 Å². The Morgan fingerprint density at radius 1 is 1.14 bits per heavy atom. The smallest absolute Gasteiger partial charge is 0.181 e. The molecule has 3 atom stereocenters. The predicted octanol–water partition coefficient (Wildman–Crippen LogP) is 1.87. The Balaban J connectivity index is 1.89. The summed E-state index contributed by atoms with van der Waals surface area (Å²) < 4.78 is 16.5. The lowest BCUT2D eigenvalue weighted by atomic mass is 10.0. The molecule has 0 N–H and O–H groups in total. The van der Waals surface area contributed by atoms with Crippen LogP contribution in [-0.2, 0) is 14.2 Å². The Labute approximate surface area is 85.0 Å². The molecule has 80 valence electrons. The van der Waals surface area contributed by atoms with Crippen LogP contribution < -0.4 is 0 Å². The summed E-state index contributed by atoms with van der Waals surface area (Å²) in [5.74, 6) is 0. The molecule has 3 heteroatoms. The van der Waals surface area contributed by atoms with E-state index in [1.165, 1.54) is 0 Å². The summed E-state index contributed by atoms with van der Waals surface area (Å²) >= 11 is 0. The molecule has 1 unspecified atom stereocenters. The molecule has 0 amide bonds. The molecule has 0 aromatic rings. The number of ether oxygens (including phenoxy) is 3. The topological polar surface area (TPSA) is 27.7 Å². The second-order valence-corrected chi connectivity index (χ2v) is 3.86. The fraction of sp³-hybridized carbons (Fsp3) is 0.818. The number of hydrogen-bond donors (Lipinski definition) is 0. The monoisotopic (exact) mass is 198 g/mol. The zero-order valence-corrected chi connectivity index (χ0v) is 8.65. The summed E-state index contributed by atoms with van der Waals surface area (Å²) in [6.07, 6.45) is 9.23. The first-order chi connectivity index (χ1) is 6.90. The van der Waals surface area contributed by atoms with Crippen molar-refractivity contribution in [3.8, 4) is 0 Å². The Morgan fingerprint density at radius 3 is 2.21 bits per heavy atom. The minimum atomic E-state index is -0.145. The maximum absolute atomic E-state index is 5.76. The van der Waals surface area contributed by atoms with Gasteiger partial charge in [0.25, 0.3) is 0 Å². The van der Waals surface area contributed by atoms with Gasteiger partial charge in [-0.2, -0.15) is 0 Å². The van der Waals surface area contributed by atoms with Gasteiger partial charge in [-0.3, -0.25) is 0 Å². The van der Waals surface area contributed by atoms with E-state index < -0.39 is 0 Å². The van der Waals surface area contributed by atoms with Gasteiger partial charge in [-0.05, 0) is 25.7 Å². The number of allylic oxidation sites excluding steroid dienone is 2. The van der Waals surface area contributed by atoms with Crippen molar-refractivity contribution in [2.45, 2.75) is 44.2 Å². The molecule has 0 aromatic carbocycles. The molecule has 2 rings (SSSR count). The third kappa shape index (κ3) is 2.35. The molecule has 0 aromatic heterocycles. The summed E-state index contributed by atoms with van der Waals surface area (Å²) in [7, 11) is 1.68. The van der Waals surface area contributed by atoms with Gasteiger partial charge in [-0.15, -0.1) is 0 Å². The molecule has 1 aliphatic heterocycles. The highest BCUT2D eigenvalue weighted by molar-refractivity contribution is 4.90. The number of rotatable bonds is 2. The van der Waals surface area contributed by atoms with Crippen molar-refractivity contribution >= 4 is 0 Å². The molecule has 0 bridgehead atoms. The van der Waals surface area contributed by atoms with Gasteiger partial charge in [0, 0.05) is 7.11 Å². The SMILES string of the molecule is COC[C@H]1OC2CC/C=C/CC[C@H]2O1. The van der Waals surface area contributed by atoms with Gasteiger partial charge in [-0.1, -0.05) is 12.2 Å². The first-order valence-electron chi connectivity index (χ1n) is 5.35. The van der Waals surface area contributed by atoms with Crippen LogP contribution in [0.4, 0.5) is 0 Å². The van der Waals surface area contributed by atoms with Gasteiger partial charge >= 0.3 is 0 Å². The van der Waals surface area contributed by atoms with E-state index in [9.17, 15) is 0 Å². The predicted molar refractivity (Wildman–Crippen MR) is 53.0 cm³/mol. The fourth-order valence-electron chi connectivity index (χ4n) is 2.08. The summed E-state index contributed by atoms with van der Waals surface area (Å²) in [4.78, 5) is 0. The van der Waals surface area contributed by atoms with Crippen LogP contribution in [0.1, 0.15) is 25.7 Å². The van der Waals surface area contributed by atoms with E-state index in [-0.39, 0.29) is 18.5 Å². The number of methoxy groups -OCH3 is 1. The fourth-order valence-corrected chi connectivity index (χ4v) is 2.08. The molecule has 2 aliphatic rings. The maximum atomic E-state index is 5.76. The summed E-state index contributed by atoms with van der Waals surface area (Å²) in [5.41, 5.74) is 0. The average Bonchev–Trinajstić information content (AvgIpc) is 2.48. The average molecular weight is 198 g/mol. The molecule has 1 fully saturated rings. The zero-order chi connectivity index (χ0) is 9.80. The molecular formula is C11H18O3. The van der Waals surface area contributed by atoms with Crippen LogP contribution in [0.25, 0.3) is 0 Å². The Kier molecular flexibility index (Phi) is 3.56. The van der Waals surface area contributed by atoms with Crippen LogP contribution in [-0.4, -0.2) is 32.2 Å². The van der Waals surface area contributed by atoms with Crippen molar-refractivity contribution in [2.24, 2.45) is 0 Å². The van der Waals surface area contributed by atoms with Gasteiger partial charge in [0.2, 0.25) is 0 Å². The molecule has 0 spiro atoms. The van der Waals surface area contributed by atoms with E-state index in [1.807, 2.05) is 0 Å². The normalized spacial score (nSPS) is 39.9. The molecule has 1 aliphatic carbocycles. The third-order valence-corrected chi connectivity index (χ3v) is 2.77. The molecule has 3 nitrogen and oxygen atoms in total. The van der Waals surface area contributed by atoms with E-state index in [2.05, 4.69) is 12.2 Å². The highest BCUT2D eigenvalue weighted by Crippen LogP contribution is 2.27. The standard InChI is InChI=1S/C11H18O3/c1-12-8-11-13-9-6-4-2-3-5-7-10(9)14-11/h2-3,9-11H,4-8H2,1H3/b3-2+/t9-,10?,11-/m1/s1. The van der Waals surface area contributed by atoms with Crippen molar-refractivity contribution in [3.05, 3.63) is 12.2 Å². The van der Waals surface area contributed by atoms with Crippen molar-refractivity contribution < 1.29 is 14.2 Å². The van der Waals surface area contributed by atoms with Crippen LogP contribution in [0.2, 0.25) is 0 Å². The minimum absolute atomic E-state index is 0.145. The third-order valence-electron chi connectivity index (χ3n) is 2.77. The molecule has 1 heterocycles. The molecule has 0 radical (unpaired) electrons. The summed E-state index contributed by atoms with van der Waals surface area (Å²) in [5, 5.41) is 0. The summed E-state index contributed by atoms with van der Waals surface area (Å²) in [6, 6.07) is 0. The highest BCUT2D eigenvalue weighted by atomic mass is 16.7. The number of hydrogen-bond acceptors (Lipinski definition) is 3. The second-order valence-electron chi connectivity index (χ2n) is 3.86. The molecular weight excluding hydrogens is 180 g/mol. The molecule has 0 saturated carbocycles. The first-order valence-corrected chi connectivity index (χ1v) is 5.35. The lowest BCUT2D eigenvalue weighted by Crippen LogP contribution is -2.22. The minimum Gasteiger partial charge on any atom is -0.379 e. The number of fused-ring (bicyclic) bond motifs is 1. The van der Waals surface area contributed by atoms with Gasteiger partial charge in [0.05, 0.1) is 18.8 Å². The van der Waals surface area contributed by atoms with Crippen molar-refractivity contribution in [1.82, 2.24) is 0 Å². The van der Waals surface area contributed by atoms with Crippen LogP contribution in [0.3, 0.4) is 0 Å². The molecule has 14 heavy (non-hydrogen) atoms. The lowest BCUT2D eigenvalue weighted by molar-refractivity contribution is -0.104. The van der Waals surface area contributed by atoms with Gasteiger partial charge in [0.1, 0.15) is 0 Å². The maximum Gasteiger partial charge on any atom is 0.181 e. The second kappa shape index (κ2) is 4.91. The van der Waals surface area contributed by atoms with Crippen LogP contribution >= 0.6 is 0 Å². The zero-order valence-electron chi connectivity index (χ0n) is 8.65. The first kappa shape index (κ1) is 10.1. The van der Waals surface area contributed by atoms with Gasteiger partial charge in [-0.25, -0.2) is 0 Å². The van der Waals surface area contributed by atoms with E-state index in [4.69, 9.17) is 14.2 Å². The van der Waals surface area contributed by atoms with Gasteiger partial charge in [0.15, 0.2) is 6.29 Å².